The first-order valence-corrected chi connectivity index (χ1v) is 9.48. The highest BCUT2D eigenvalue weighted by atomic mass is 32.1. The monoisotopic (exact) mass is 413 g/mol. The van der Waals surface area contributed by atoms with E-state index >= 15 is 0 Å². The number of fused-ring (bicyclic) bond motifs is 1. The quantitative estimate of drug-likeness (QED) is 0.429. The molecule has 150 valence electrons. The number of hydrogen-bond acceptors (Lipinski definition) is 5. The molecule has 9 heteroatoms. The number of nitrogens with one attached hydrogen (secondary N) is 1. The van der Waals surface area contributed by atoms with Crippen LogP contribution in [0.3, 0.4) is 0 Å². The Labute approximate surface area is 171 Å². The lowest BCUT2D eigenvalue weighted by molar-refractivity contribution is 0.444. The van der Waals surface area contributed by atoms with Crippen LogP contribution in [0.15, 0.2) is 30.3 Å². The maximum Gasteiger partial charge on any atom is 0.200 e. The van der Waals surface area contributed by atoms with E-state index in [-0.39, 0.29) is 17.4 Å². The van der Waals surface area contributed by atoms with Gasteiger partial charge in [-0.25, -0.2) is 9.37 Å². The molecule has 0 atom stereocenters. The number of H-pyrrole nitrogens is 1. The van der Waals surface area contributed by atoms with Gasteiger partial charge in [-0.3, -0.25) is 9.67 Å². The molecule has 0 saturated carbocycles. The van der Waals surface area contributed by atoms with Gasteiger partial charge in [-0.05, 0) is 48.0 Å². The van der Waals surface area contributed by atoms with E-state index in [1.807, 2.05) is 26.0 Å². The molecule has 29 heavy (non-hydrogen) atoms. The first-order chi connectivity index (χ1) is 13.8. The van der Waals surface area contributed by atoms with E-state index in [2.05, 4.69) is 15.2 Å². The third-order valence-electron chi connectivity index (χ3n) is 5.02. The van der Waals surface area contributed by atoms with E-state index in [1.54, 1.807) is 28.3 Å². The fraction of sp³-hybridized carbons (Fsp3) is 0.250. The molecule has 0 spiro atoms. The second-order valence-electron chi connectivity index (χ2n) is 7.16. The normalized spacial score (nSPS) is 11.6. The number of aromatic nitrogens is 5. The Hall–Kier alpha value is -3.20. The number of phenolic OH excluding ortho intramolecular Hbond substituents is 2. The zero-order valence-corrected chi connectivity index (χ0v) is 17.0. The molecule has 2 heterocycles. The van der Waals surface area contributed by atoms with Gasteiger partial charge < -0.3 is 14.8 Å². The molecule has 0 saturated heterocycles. The van der Waals surface area contributed by atoms with Gasteiger partial charge in [0, 0.05) is 13.1 Å². The minimum Gasteiger partial charge on any atom is -0.508 e. The molecule has 3 N–H and O–H groups in total. The zero-order chi connectivity index (χ0) is 20.9. The van der Waals surface area contributed by atoms with Gasteiger partial charge >= 0.3 is 0 Å². The third-order valence-corrected chi connectivity index (χ3v) is 5.29. The van der Waals surface area contributed by atoms with Gasteiger partial charge in [0.1, 0.15) is 24.0 Å². The highest BCUT2D eigenvalue weighted by Crippen LogP contribution is 2.38. The van der Waals surface area contributed by atoms with E-state index in [0.717, 1.165) is 5.52 Å². The maximum absolute atomic E-state index is 13.2. The smallest absolute Gasteiger partial charge is 0.200 e. The predicted molar refractivity (Wildman–Crippen MR) is 111 cm³/mol. The Bertz CT molecular complexity index is 1290. The number of nitrogens with zero attached hydrogens (tertiary/aromatic N) is 4. The molecular formula is C20H20FN5O2S. The molecule has 0 aliphatic carbocycles. The summed E-state index contributed by atoms with van der Waals surface area (Å²) < 4.78 is 16.9. The molecule has 2 aromatic heterocycles. The molecule has 7 nitrogen and oxygen atoms in total. The van der Waals surface area contributed by atoms with E-state index in [9.17, 15) is 14.6 Å². The number of imidazole rings is 1. The number of halogens is 1. The Balaban J connectivity index is 1.93. The minimum absolute atomic E-state index is 0.0237. The van der Waals surface area contributed by atoms with Gasteiger partial charge in [0.2, 0.25) is 0 Å². The second kappa shape index (κ2) is 7.00. The number of aryl methyl sites for hydroxylation is 1. The fourth-order valence-electron chi connectivity index (χ4n) is 3.45. The van der Waals surface area contributed by atoms with Crippen molar-refractivity contribution in [3.8, 4) is 28.6 Å². The summed E-state index contributed by atoms with van der Waals surface area (Å²) in [4.78, 5) is 4.33. The van der Waals surface area contributed by atoms with Crippen molar-refractivity contribution in [3.05, 3.63) is 46.5 Å². The lowest BCUT2D eigenvalue weighted by Gasteiger charge is -2.13. The summed E-state index contributed by atoms with van der Waals surface area (Å²) in [6, 6.07) is 8.48. The molecule has 4 rings (SSSR count). The summed E-state index contributed by atoms with van der Waals surface area (Å²) >= 11 is 5.41. The molecule has 0 aliphatic rings. The Morgan fingerprint density at radius 1 is 1.17 bits per heavy atom. The van der Waals surface area contributed by atoms with Crippen LogP contribution in [0, 0.1) is 4.77 Å². The van der Waals surface area contributed by atoms with Crippen molar-refractivity contribution in [2.24, 2.45) is 7.05 Å². The van der Waals surface area contributed by atoms with E-state index in [0.29, 0.717) is 38.8 Å². The summed E-state index contributed by atoms with van der Waals surface area (Å²) in [5.74, 6) is 0.700. The van der Waals surface area contributed by atoms with Crippen molar-refractivity contribution < 1.29 is 14.6 Å². The van der Waals surface area contributed by atoms with Crippen LogP contribution in [0.5, 0.6) is 11.5 Å². The number of benzene rings is 2. The van der Waals surface area contributed by atoms with Gasteiger partial charge in [-0.15, -0.1) is 0 Å². The largest absolute Gasteiger partial charge is 0.508 e. The number of alkyl halides is 1. The number of rotatable bonds is 4. The average Bonchev–Trinajstić information content (AvgIpc) is 3.21. The first-order valence-electron chi connectivity index (χ1n) is 9.07. The Morgan fingerprint density at radius 2 is 1.93 bits per heavy atom. The summed E-state index contributed by atoms with van der Waals surface area (Å²) in [6.07, 6.45) is 0. The van der Waals surface area contributed by atoms with Crippen LogP contribution in [-0.2, 0) is 13.7 Å². The second-order valence-corrected chi connectivity index (χ2v) is 7.55. The van der Waals surface area contributed by atoms with E-state index in [1.165, 1.54) is 6.07 Å². The summed E-state index contributed by atoms with van der Waals surface area (Å²) in [6.45, 7) is 3.24. The van der Waals surface area contributed by atoms with E-state index in [4.69, 9.17) is 12.2 Å². The SMILES string of the molecule is CC(C)c1cc(-c2n[nH]c(=S)n2-c2ccc3c(c2)nc(CF)n3C)c(O)cc1O. The average molecular weight is 413 g/mol. The molecule has 0 fully saturated rings. The van der Waals surface area contributed by atoms with Crippen molar-refractivity contribution in [2.45, 2.75) is 26.4 Å². The summed E-state index contributed by atoms with van der Waals surface area (Å²) in [5.41, 5.74) is 3.22. The molecule has 0 aliphatic heterocycles. The lowest BCUT2D eigenvalue weighted by atomic mass is 9.98. The summed E-state index contributed by atoms with van der Waals surface area (Å²) in [5, 5.41) is 27.6. The van der Waals surface area contributed by atoms with Crippen LogP contribution < -0.4 is 0 Å². The van der Waals surface area contributed by atoms with Crippen molar-refractivity contribution >= 4 is 23.3 Å². The van der Waals surface area contributed by atoms with Gasteiger partial charge in [-0.2, -0.15) is 5.10 Å². The third kappa shape index (κ3) is 3.07. The van der Waals surface area contributed by atoms with Gasteiger partial charge in [0.15, 0.2) is 10.6 Å². The topological polar surface area (TPSA) is 91.9 Å². The van der Waals surface area contributed by atoms with Crippen LogP contribution in [0.1, 0.15) is 31.2 Å². The van der Waals surface area contributed by atoms with E-state index < -0.39 is 6.67 Å². The molecule has 0 amide bonds. The van der Waals surface area contributed by atoms with Crippen molar-refractivity contribution in [2.75, 3.05) is 0 Å². The fourth-order valence-corrected chi connectivity index (χ4v) is 3.69. The summed E-state index contributed by atoms with van der Waals surface area (Å²) in [7, 11) is 1.76. The maximum atomic E-state index is 13.2. The molecule has 0 radical (unpaired) electrons. The van der Waals surface area contributed by atoms with Crippen LogP contribution in [-0.4, -0.2) is 34.5 Å². The van der Waals surface area contributed by atoms with Crippen LogP contribution in [0.25, 0.3) is 28.1 Å². The van der Waals surface area contributed by atoms with Gasteiger partial charge in [-0.1, -0.05) is 13.8 Å². The molecule has 0 unspecified atom stereocenters. The van der Waals surface area contributed by atoms with Gasteiger partial charge in [0.25, 0.3) is 0 Å². The number of aromatic amines is 1. The predicted octanol–water partition coefficient (Wildman–Crippen LogP) is 4.49. The molecule has 4 aromatic rings. The Morgan fingerprint density at radius 3 is 2.62 bits per heavy atom. The molecule has 2 aromatic carbocycles. The van der Waals surface area contributed by atoms with Crippen LogP contribution in [0.4, 0.5) is 4.39 Å². The minimum atomic E-state index is -0.656. The molecule has 0 bridgehead atoms. The van der Waals surface area contributed by atoms with Crippen molar-refractivity contribution in [1.29, 1.82) is 0 Å². The van der Waals surface area contributed by atoms with Crippen LogP contribution >= 0.6 is 12.2 Å². The first kappa shape index (κ1) is 19.1. The number of hydrogen-bond donors (Lipinski definition) is 3. The number of phenols is 2. The highest BCUT2D eigenvalue weighted by Gasteiger charge is 2.19. The highest BCUT2D eigenvalue weighted by molar-refractivity contribution is 7.71. The van der Waals surface area contributed by atoms with Crippen molar-refractivity contribution in [3.63, 3.8) is 0 Å². The number of aromatic hydroxyl groups is 2. The Kier molecular flexibility index (Phi) is 4.62. The van der Waals surface area contributed by atoms with Gasteiger partial charge in [0.05, 0.1) is 22.3 Å². The molecular weight excluding hydrogens is 393 g/mol. The zero-order valence-electron chi connectivity index (χ0n) is 16.1. The van der Waals surface area contributed by atoms with Crippen molar-refractivity contribution in [1.82, 2.24) is 24.3 Å². The van der Waals surface area contributed by atoms with Crippen LogP contribution in [0.2, 0.25) is 0 Å². The standard InChI is InChI=1S/C20H20FN5O2S/c1-10(2)12-7-13(17(28)8-16(12)27)19-23-24-20(29)26(19)11-4-5-15-14(6-11)22-18(9-21)25(15)3/h4-8,10,27-28H,9H2,1-3H3,(H,24,29). The lowest BCUT2D eigenvalue weighted by Crippen LogP contribution is -1.99.